The molecule has 170 valence electrons. The summed E-state index contributed by atoms with van der Waals surface area (Å²) in [5.74, 6) is 0.627. The fourth-order valence-corrected chi connectivity index (χ4v) is 5.56. The standard InChI is InChI=1S/C31H46/c1-3-5-7-9-11-13-15-20-26-21-19-25-30-28-23-18-17-22-27(28)29(31(26)30)24-16-14-12-10-8-6-4-2/h17-19,21-23,25,29H,3-16,20,24H2,1-2H3. The quantitative estimate of drug-likeness (QED) is 0.238. The maximum atomic E-state index is 2.43. The van der Waals surface area contributed by atoms with Crippen LogP contribution < -0.4 is 0 Å². The second-order valence-electron chi connectivity index (χ2n) is 9.80. The van der Waals surface area contributed by atoms with Gasteiger partial charge in [0.2, 0.25) is 0 Å². The highest BCUT2D eigenvalue weighted by Gasteiger charge is 2.29. The molecule has 0 heteroatoms. The van der Waals surface area contributed by atoms with Crippen LogP contribution >= 0.6 is 0 Å². The first kappa shape index (κ1) is 24.1. The van der Waals surface area contributed by atoms with Crippen molar-refractivity contribution in [3.8, 4) is 11.1 Å². The number of aryl methyl sites for hydroxylation is 1. The molecule has 0 nitrogen and oxygen atoms in total. The second kappa shape index (κ2) is 13.8. The van der Waals surface area contributed by atoms with Crippen molar-refractivity contribution in [2.24, 2.45) is 0 Å². The molecule has 0 radical (unpaired) electrons. The highest BCUT2D eigenvalue weighted by molar-refractivity contribution is 5.80. The molecule has 0 saturated carbocycles. The third-order valence-electron chi connectivity index (χ3n) is 7.32. The predicted octanol–water partition coefficient (Wildman–Crippen LogP) is 10.2. The lowest BCUT2D eigenvalue weighted by Crippen LogP contribution is -2.02. The first-order chi connectivity index (χ1) is 15.4. The molecular weight excluding hydrogens is 372 g/mol. The third kappa shape index (κ3) is 6.96. The molecule has 0 fully saturated rings. The van der Waals surface area contributed by atoms with Crippen molar-refractivity contribution in [2.45, 2.75) is 122 Å². The summed E-state index contributed by atoms with van der Waals surface area (Å²) in [5, 5.41) is 0. The molecule has 0 amide bonds. The Bertz CT molecular complexity index is 756. The lowest BCUT2D eigenvalue weighted by Gasteiger charge is -2.17. The van der Waals surface area contributed by atoms with Crippen molar-refractivity contribution in [1.82, 2.24) is 0 Å². The molecule has 2 aromatic carbocycles. The Morgan fingerprint density at radius 3 is 1.84 bits per heavy atom. The number of hydrogen-bond donors (Lipinski definition) is 0. The largest absolute Gasteiger partial charge is 0.0654 e. The highest BCUT2D eigenvalue weighted by Crippen LogP contribution is 2.48. The topological polar surface area (TPSA) is 0 Å². The molecule has 1 aliphatic rings. The molecule has 0 aliphatic heterocycles. The van der Waals surface area contributed by atoms with Gasteiger partial charge in [0.05, 0.1) is 0 Å². The SMILES string of the molecule is CCCCCCCCCc1cccc2c1C(CCCCCCCCC)c1ccccc1-2. The van der Waals surface area contributed by atoms with E-state index in [0.717, 1.165) is 0 Å². The van der Waals surface area contributed by atoms with E-state index in [9.17, 15) is 0 Å². The van der Waals surface area contributed by atoms with Crippen LogP contribution in [0.1, 0.15) is 133 Å². The van der Waals surface area contributed by atoms with Crippen LogP contribution in [0.2, 0.25) is 0 Å². The Kier molecular flexibility index (Phi) is 10.7. The van der Waals surface area contributed by atoms with Gasteiger partial charge in [0.1, 0.15) is 0 Å². The number of fused-ring (bicyclic) bond motifs is 3. The van der Waals surface area contributed by atoms with Gasteiger partial charge in [-0.3, -0.25) is 0 Å². The molecular formula is C31H46. The molecule has 0 spiro atoms. The summed E-state index contributed by atoms with van der Waals surface area (Å²) < 4.78 is 0. The molecule has 1 aliphatic carbocycles. The number of rotatable bonds is 16. The van der Waals surface area contributed by atoms with Crippen LogP contribution in [-0.2, 0) is 6.42 Å². The molecule has 0 heterocycles. The van der Waals surface area contributed by atoms with E-state index in [1.165, 1.54) is 114 Å². The van der Waals surface area contributed by atoms with Gasteiger partial charge < -0.3 is 0 Å². The molecule has 0 aromatic heterocycles. The van der Waals surface area contributed by atoms with Crippen molar-refractivity contribution in [2.75, 3.05) is 0 Å². The minimum atomic E-state index is 0.627. The molecule has 3 rings (SSSR count). The average Bonchev–Trinajstić information content (AvgIpc) is 3.12. The summed E-state index contributed by atoms with van der Waals surface area (Å²) in [6.45, 7) is 4.61. The molecule has 0 N–H and O–H groups in total. The zero-order chi connectivity index (χ0) is 21.7. The molecule has 31 heavy (non-hydrogen) atoms. The number of hydrogen-bond acceptors (Lipinski definition) is 0. The summed E-state index contributed by atoms with van der Waals surface area (Å²) in [5.41, 5.74) is 7.95. The fourth-order valence-electron chi connectivity index (χ4n) is 5.56. The van der Waals surface area contributed by atoms with E-state index in [0.29, 0.717) is 5.92 Å². The van der Waals surface area contributed by atoms with Gasteiger partial charge in [0.15, 0.2) is 0 Å². The number of unbranched alkanes of at least 4 members (excludes halogenated alkanes) is 12. The van der Waals surface area contributed by atoms with Gasteiger partial charge in [0, 0.05) is 5.92 Å². The summed E-state index contributed by atoms with van der Waals surface area (Å²) in [7, 11) is 0. The smallest absolute Gasteiger partial charge is 0.0104 e. The molecule has 1 unspecified atom stereocenters. The normalized spacial score (nSPS) is 14.6. The van der Waals surface area contributed by atoms with Gasteiger partial charge in [-0.25, -0.2) is 0 Å². The van der Waals surface area contributed by atoms with Gasteiger partial charge in [0.25, 0.3) is 0 Å². The van der Waals surface area contributed by atoms with Crippen LogP contribution in [0, 0.1) is 0 Å². The molecule has 1 atom stereocenters. The fraction of sp³-hybridized carbons (Fsp3) is 0.613. The molecule has 0 saturated heterocycles. The van der Waals surface area contributed by atoms with Crippen LogP contribution in [-0.4, -0.2) is 0 Å². The zero-order valence-electron chi connectivity index (χ0n) is 20.4. The predicted molar refractivity (Wildman–Crippen MR) is 138 cm³/mol. The maximum Gasteiger partial charge on any atom is 0.0104 e. The van der Waals surface area contributed by atoms with E-state index in [1.54, 1.807) is 16.7 Å². The lowest BCUT2D eigenvalue weighted by molar-refractivity contribution is 0.559. The van der Waals surface area contributed by atoms with Crippen molar-refractivity contribution in [3.63, 3.8) is 0 Å². The Morgan fingerprint density at radius 2 is 1.13 bits per heavy atom. The van der Waals surface area contributed by atoms with Gasteiger partial charge in [-0.15, -0.1) is 0 Å². The Balaban J connectivity index is 1.59. The zero-order valence-corrected chi connectivity index (χ0v) is 20.4. The second-order valence-corrected chi connectivity index (χ2v) is 9.80. The average molecular weight is 419 g/mol. The minimum Gasteiger partial charge on any atom is -0.0654 e. The minimum absolute atomic E-state index is 0.627. The third-order valence-corrected chi connectivity index (χ3v) is 7.32. The first-order valence-electron chi connectivity index (χ1n) is 13.6. The highest BCUT2D eigenvalue weighted by atomic mass is 14.3. The molecule has 2 aromatic rings. The summed E-state index contributed by atoms with van der Waals surface area (Å²) >= 11 is 0. The molecule has 0 bridgehead atoms. The van der Waals surface area contributed by atoms with Crippen LogP contribution in [0.4, 0.5) is 0 Å². The van der Waals surface area contributed by atoms with E-state index in [4.69, 9.17) is 0 Å². The first-order valence-corrected chi connectivity index (χ1v) is 13.6. The van der Waals surface area contributed by atoms with Crippen LogP contribution in [0.25, 0.3) is 11.1 Å². The number of benzene rings is 2. The van der Waals surface area contributed by atoms with Crippen LogP contribution in [0.3, 0.4) is 0 Å². The van der Waals surface area contributed by atoms with Crippen molar-refractivity contribution in [1.29, 1.82) is 0 Å². The Morgan fingerprint density at radius 1 is 0.548 bits per heavy atom. The summed E-state index contributed by atoms with van der Waals surface area (Å²) in [4.78, 5) is 0. The van der Waals surface area contributed by atoms with Gasteiger partial charge in [-0.2, -0.15) is 0 Å². The van der Waals surface area contributed by atoms with Crippen molar-refractivity contribution < 1.29 is 0 Å². The van der Waals surface area contributed by atoms with E-state index in [-0.39, 0.29) is 0 Å². The monoisotopic (exact) mass is 418 g/mol. The summed E-state index contributed by atoms with van der Waals surface area (Å²) in [6.07, 6.45) is 22.1. The van der Waals surface area contributed by atoms with E-state index in [2.05, 4.69) is 56.3 Å². The van der Waals surface area contributed by atoms with E-state index >= 15 is 0 Å². The van der Waals surface area contributed by atoms with Crippen LogP contribution in [0.5, 0.6) is 0 Å². The maximum absolute atomic E-state index is 2.43. The van der Waals surface area contributed by atoms with Crippen molar-refractivity contribution in [3.05, 3.63) is 59.2 Å². The van der Waals surface area contributed by atoms with Gasteiger partial charge in [-0.1, -0.05) is 140 Å². The Labute approximate surface area is 192 Å². The van der Waals surface area contributed by atoms with Gasteiger partial charge in [-0.05, 0) is 47.1 Å². The van der Waals surface area contributed by atoms with Gasteiger partial charge >= 0.3 is 0 Å². The van der Waals surface area contributed by atoms with Crippen molar-refractivity contribution >= 4 is 0 Å². The summed E-state index contributed by atoms with van der Waals surface area (Å²) in [6, 6.07) is 16.4. The van der Waals surface area contributed by atoms with Crippen LogP contribution in [0.15, 0.2) is 42.5 Å². The van der Waals surface area contributed by atoms with E-state index in [1.807, 2.05) is 0 Å². The van der Waals surface area contributed by atoms with E-state index < -0.39 is 0 Å². The lowest BCUT2D eigenvalue weighted by atomic mass is 9.87. The Hall–Kier alpha value is -1.56.